The van der Waals surface area contributed by atoms with Gasteiger partial charge < -0.3 is 15.3 Å². The molecule has 19 heavy (non-hydrogen) atoms. The summed E-state index contributed by atoms with van der Waals surface area (Å²) >= 11 is 0. The predicted molar refractivity (Wildman–Crippen MR) is 77.6 cm³/mol. The highest BCUT2D eigenvalue weighted by molar-refractivity contribution is 5.03. The van der Waals surface area contributed by atoms with E-state index in [1.54, 1.807) is 0 Å². The second-order valence-corrected chi connectivity index (χ2v) is 6.24. The first-order valence-electron chi connectivity index (χ1n) is 7.72. The van der Waals surface area contributed by atoms with Gasteiger partial charge in [-0.1, -0.05) is 44.8 Å². The lowest BCUT2D eigenvalue weighted by Crippen LogP contribution is -2.21. The van der Waals surface area contributed by atoms with E-state index < -0.39 is 11.9 Å². The monoisotopic (exact) mass is 270 g/mol. The normalized spacial score (nSPS) is 27.3. The van der Waals surface area contributed by atoms with Crippen molar-refractivity contribution in [2.45, 2.75) is 77.1 Å². The molecule has 112 valence electrons. The minimum atomic E-state index is -1.20. The molecule has 0 aromatic heterocycles. The van der Waals surface area contributed by atoms with E-state index >= 15 is 0 Å². The molecule has 2 unspecified atom stereocenters. The Balaban J connectivity index is 2.44. The fourth-order valence-corrected chi connectivity index (χ4v) is 3.03. The molecule has 0 radical (unpaired) electrons. The first-order chi connectivity index (χ1) is 8.94. The quantitative estimate of drug-likeness (QED) is 0.361. The smallest absolute Gasteiger partial charge is 0.151 e. The fourth-order valence-electron chi connectivity index (χ4n) is 3.03. The Morgan fingerprint density at radius 2 is 2.00 bits per heavy atom. The number of unbranched alkanes of at least 4 members (excludes halogenated alkanes) is 2. The highest BCUT2D eigenvalue weighted by atomic mass is 16.5. The molecule has 3 heteroatoms. The molecule has 1 aliphatic rings. The van der Waals surface area contributed by atoms with E-state index in [-0.39, 0.29) is 0 Å². The molecule has 1 rings (SSSR count). The van der Waals surface area contributed by atoms with Crippen LogP contribution in [0.4, 0.5) is 0 Å². The summed E-state index contributed by atoms with van der Waals surface area (Å²) in [6.07, 6.45) is 10.8. The number of aliphatic hydroxyl groups is 3. The fraction of sp³-hybridized carbons (Fsp3) is 0.875. The maximum atomic E-state index is 10.3. The van der Waals surface area contributed by atoms with Crippen LogP contribution >= 0.6 is 0 Å². The zero-order valence-electron chi connectivity index (χ0n) is 12.4. The van der Waals surface area contributed by atoms with Crippen LogP contribution < -0.4 is 0 Å². The van der Waals surface area contributed by atoms with Gasteiger partial charge in [0.05, 0.1) is 5.60 Å². The Kier molecular flexibility index (Phi) is 7.05. The summed E-state index contributed by atoms with van der Waals surface area (Å²) in [6.45, 7) is 4.03. The lowest BCUT2D eigenvalue weighted by atomic mass is 9.89. The van der Waals surface area contributed by atoms with Crippen LogP contribution in [0.5, 0.6) is 0 Å². The molecule has 1 aliphatic carbocycles. The molecule has 0 saturated heterocycles. The van der Waals surface area contributed by atoms with Crippen molar-refractivity contribution in [1.29, 1.82) is 0 Å². The standard InChI is InChI=1S/C16H30O3/c1-3-4-5-10-16(2,19)11-9-13-7-6-8-14(13)12-15(17)18/h9,11,13-15,17-19H,3-8,10,12H2,1-2H3/b11-9+/t13?,14-,16?/m1/s1. The van der Waals surface area contributed by atoms with Crippen molar-refractivity contribution in [2.24, 2.45) is 11.8 Å². The van der Waals surface area contributed by atoms with Gasteiger partial charge in [0.2, 0.25) is 0 Å². The Morgan fingerprint density at radius 1 is 1.26 bits per heavy atom. The Hall–Kier alpha value is -0.380. The minimum Gasteiger partial charge on any atom is -0.386 e. The molecule has 3 N–H and O–H groups in total. The van der Waals surface area contributed by atoms with Gasteiger partial charge in [0.1, 0.15) is 0 Å². The van der Waals surface area contributed by atoms with Gasteiger partial charge in [-0.05, 0) is 38.0 Å². The van der Waals surface area contributed by atoms with E-state index in [0.717, 1.165) is 38.5 Å². The Bertz CT molecular complexity index is 271. The third-order valence-electron chi connectivity index (χ3n) is 4.22. The molecule has 1 fully saturated rings. The second kappa shape index (κ2) is 8.03. The summed E-state index contributed by atoms with van der Waals surface area (Å²) in [4.78, 5) is 0. The lowest BCUT2D eigenvalue weighted by Gasteiger charge is -2.21. The molecular formula is C16H30O3. The van der Waals surface area contributed by atoms with Crippen molar-refractivity contribution in [3.8, 4) is 0 Å². The average Bonchev–Trinajstić information content (AvgIpc) is 2.73. The van der Waals surface area contributed by atoms with Crippen LogP contribution in [-0.2, 0) is 0 Å². The number of hydrogen-bond acceptors (Lipinski definition) is 3. The molecule has 0 bridgehead atoms. The van der Waals surface area contributed by atoms with Gasteiger partial charge in [-0.3, -0.25) is 0 Å². The van der Waals surface area contributed by atoms with Crippen LogP contribution in [0, 0.1) is 11.8 Å². The SMILES string of the molecule is CCCCCC(C)(O)/C=C/C1CCC[C@@H]1CC(O)O. The topological polar surface area (TPSA) is 60.7 Å². The number of aliphatic hydroxyl groups excluding tert-OH is 1. The van der Waals surface area contributed by atoms with E-state index in [1.165, 1.54) is 6.42 Å². The summed E-state index contributed by atoms with van der Waals surface area (Å²) < 4.78 is 0. The summed E-state index contributed by atoms with van der Waals surface area (Å²) in [6, 6.07) is 0. The molecule has 0 aromatic carbocycles. The molecule has 3 atom stereocenters. The van der Waals surface area contributed by atoms with Crippen molar-refractivity contribution in [3.05, 3.63) is 12.2 Å². The first kappa shape index (κ1) is 16.7. The molecule has 0 aromatic rings. The molecular weight excluding hydrogens is 240 g/mol. The maximum absolute atomic E-state index is 10.3. The average molecular weight is 270 g/mol. The van der Waals surface area contributed by atoms with Crippen molar-refractivity contribution in [1.82, 2.24) is 0 Å². The van der Waals surface area contributed by atoms with Crippen LogP contribution in [0.3, 0.4) is 0 Å². The largest absolute Gasteiger partial charge is 0.386 e. The van der Waals surface area contributed by atoms with E-state index in [1.807, 2.05) is 13.0 Å². The van der Waals surface area contributed by atoms with Gasteiger partial charge in [-0.15, -0.1) is 0 Å². The number of rotatable bonds is 8. The van der Waals surface area contributed by atoms with Crippen LogP contribution in [0.25, 0.3) is 0 Å². The predicted octanol–water partition coefficient (Wildman–Crippen LogP) is 2.99. The van der Waals surface area contributed by atoms with Crippen LogP contribution in [-0.4, -0.2) is 27.2 Å². The van der Waals surface area contributed by atoms with Gasteiger partial charge in [0.25, 0.3) is 0 Å². The Labute approximate surface area is 117 Å². The number of allylic oxidation sites excluding steroid dienone is 1. The first-order valence-corrected chi connectivity index (χ1v) is 7.72. The molecule has 1 saturated carbocycles. The van der Waals surface area contributed by atoms with E-state index in [4.69, 9.17) is 10.2 Å². The highest BCUT2D eigenvalue weighted by Gasteiger charge is 2.27. The van der Waals surface area contributed by atoms with Gasteiger partial charge in [-0.25, -0.2) is 0 Å². The summed E-state index contributed by atoms with van der Waals surface area (Å²) in [7, 11) is 0. The number of hydrogen-bond donors (Lipinski definition) is 3. The van der Waals surface area contributed by atoms with E-state index in [0.29, 0.717) is 18.3 Å². The third kappa shape index (κ3) is 6.55. The second-order valence-electron chi connectivity index (χ2n) is 6.24. The zero-order valence-corrected chi connectivity index (χ0v) is 12.4. The van der Waals surface area contributed by atoms with Crippen molar-refractivity contribution >= 4 is 0 Å². The van der Waals surface area contributed by atoms with Crippen molar-refractivity contribution in [3.63, 3.8) is 0 Å². The van der Waals surface area contributed by atoms with E-state index in [2.05, 4.69) is 13.0 Å². The van der Waals surface area contributed by atoms with Gasteiger partial charge >= 0.3 is 0 Å². The zero-order chi connectivity index (χ0) is 14.3. The van der Waals surface area contributed by atoms with Crippen LogP contribution in [0.1, 0.15) is 65.2 Å². The third-order valence-corrected chi connectivity index (χ3v) is 4.22. The van der Waals surface area contributed by atoms with Gasteiger partial charge in [0.15, 0.2) is 6.29 Å². The van der Waals surface area contributed by atoms with Crippen molar-refractivity contribution < 1.29 is 15.3 Å². The maximum Gasteiger partial charge on any atom is 0.151 e. The summed E-state index contributed by atoms with van der Waals surface area (Å²) in [5, 5.41) is 28.5. The minimum absolute atomic E-state index is 0.350. The molecule has 0 aliphatic heterocycles. The lowest BCUT2D eigenvalue weighted by molar-refractivity contribution is -0.0577. The molecule has 0 heterocycles. The summed E-state index contributed by atoms with van der Waals surface area (Å²) in [5.41, 5.74) is -0.722. The van der Waals surface area contributed by atoms with Crippen LogP contribution in [0.2, 0.25) is 0 Å². The van der Waals surface area contributed by atoms with Gasteiger partial charge in [-0.2, -0.15) is 0 Å². The van der Waals surface area contributed by atoms with E-state index in [9.17, 15) is 5.11 Å². The van der Waals surface area contributed by atoms with Crippen molar-refractivity contribution in [2.75, 3.05) is 0 Å². The van der Waals surface area contributed by atoms with Crippen LogP contribution in [0.15, 0.2) is 12.2 Å². The highest BCUT2D eigenvalue weighted by Crippen LogP contribution is 2.36. The molecule has 0 spiro atoms. The molecule has 0 amide bonds. The van der Waals surface area contributed by atoms with Gasteiger partial charge in [0, 0.05) is 6.42 Å². The Morgan fingerprint density at radius 3 is 2.63 bits per heavy atom. The molecule has 3 nitrogen and oxygen atoms in total. The summed E-state index contributed by atoms with van der Waals surface area (Å²) in [5.74, 6) is 0.738.